The molecule has 0 aliphatic carbocycles. The number of aliphatic imine (C=N–C) groups is 1. The molecule has 1 rings (SSSR count). The summed E-state index contributed by atoms with van der Waals surface area (Å²) < 4.78 is 38.4. The Labute approximate surface area is 78.4 Å². The molecule has 0 spiro atoms. The van der Waals surface area contributed by atoms with Gasteiger partial charge in [0, 0.05) is 19.2 Å². The summed E-state index contributed by atoms with van der Waals surface area (Å²) in [7, 11) is 1.35. The summed E-state index contributed by atoms with van der Waals surface area (Å²) in [6.45, 7) is 0. The molecule has 0 radical (unpaired) electrons. The zero-order chi connectivity index (χ0) is 10.7. The Morgan fingerprint density at radius 1 is 1.29 bits per heavy atom. The van der Waals surface area contributed by atoms with Crippen molar-refractivity contribution in [1.29, 1.82) is 0 Å². The molecule has 0 atom stereocenters. The van der Waals surface area contributed by atoms with Crippen LogP contribution in [0.1, 0.15) is 0 Å². The Bertz CT molecular complexity index is 353. The number of halogens is 3. The third-order valence-corrected chi connectivity index (χ3v) is 1.50. The minimum absolute atomic E-state index is 0.158. The number of nitrogens with two attached hydrogens (primary N) is 1. The van der Waals surface area contributed by atoms with E-state index >= 15 is 0 Å². The van der Waals surface area contributed by atoms with Crippen LogP contribution in [0.4, 0.5) is 18.9 Å². The predicted octanol–water partition coefficient (Wildman–Crippen LogP) is 1.46. The van der Waals surface area contributed by atoms with Crippen LogP contribution in [-0.4, -0.2) is 13.0 Å². The first-order chi connectivity index (χ1) is 6.54. The molecule has 0 saturated carbocycles. The van der Waals surface area contributed by atoms with E-state index < -0.39 is 23.1 Å². The maximum absolute atomic E-state index is 13.0. The van der Waals surface area contributed by atoms with Crippen LogP contribution in [0.2, 0.25) is 0 Å². The van der Waals surface area contributed by atoms with Crippen molar-refractivity contribution >= 4 is 11.6 Å². The van der Waals surface area contributed by atoms with E-state index in [-0.39, 0.29) is 5.96 Å². The fourth-order valence-corrected chi connectivity index (χ4v) is 0.846. The molecule has 0 aromatic heterocycles. The van der Waals surface area contributed by atoms with Gasteiger partial charge >= 0.3 is 0 Å². The van der Waals surface area contributed by atoms with Crippen LogP contribution < -0.4 is 11.1 Å². The van der Waals surface area contributed by atoms with Gasteiger partial charge in [-0.1, -0.05) is 0 Å². The molecule has 0 aliphatic heterocycles. The monoisotopic (exact) mass is 203 g/mol. The van der Waals surface area contributed by atoms with Gasteiger partial charge < -0.3 is 11.1 Å². The third kappa shape index (κ3) is 2.15. The van der Waals surface area contributed by atoms with Crippen LogP contribution in [0.5, 0.6) is 0 Å². The summed E-state index contributed by atoms with van der Waals surface area (Å²) in [5, 5.41) is 2.17. The number of nitrogens with one attached hydrogen (secondary N) is 1. The predicted molar refractivity (Wildman–Crippen MR) is 47.5 cm³/mol. The van der Waals surface area contributed by atoms with Crippen molar-refractivity contribution < 1.29 is 13.2 Å². The van der Waals surface area contributed by atoms with Gasteiger partial charge in [0.2, 0.25) is 0 Å². The van der Waals surface area contributed by atoms with Crippen LogP contribution in [0, 0.1) is 17.5 Å². The van der Waals surface area contributed by atoms with Gasteiger partial charge in [-0.3, -0.25) is 4.99 Å². The van der Waals surface area contributed by atoms with Crippen LogP contribution in [0.25, 0.3) is 0 Å². The first kappa shape index (κ1) is 10.4. The molecule has 1 aromatic rings. The molecule has 1 aromatic carbocycles. The molecule has 0 aliphatic rings. The molecule has 14 heavy (non-hydrogen) atoms. The molecular weight excluding hydrogens is 195 g/mol. The summed E-state index contributed by atoms with van der Waals surface area (Å²) in [5.41, 5.74) is 4.67. The fraction of sp³-hybridized carbons (Fsp3) is 0.125. The van der Waals surface area contributed by atoms with E-state index in [0.717, 1.165) is 0 Å². The second kappa shape index (κ2) is 3.99. The van der Waals surface area contributed by atoms with Crippen molar-refractivity contribution in [2.45, 2.75) is 0 Å². The zero-order valence-electron chi connectivity index (χ0n) is 7.31. The molecule has 76 valence electrons. The number of anilines is 1. The maximum atomic E-state index is 13.0. The fourth-order valence-electron chi connectivity index (χ4n) is 0.846. The van der Waals surface area contributed by atoms with E-state index in [4.69, 9.17) is 5.73 Å². The first-order valence-electron chi connectivity index (χ1n) is 3.68. The Hall–Kier alpha value is -1.72. The van der Waals surface area contributed by atoms with Gasteiger partial charge in [-0.15, -0.1) is 0 Å². The van der Waals surface area contributed by atoms with Gasteiger partial charge in [-0.25, -0.2) is 13.2 Å². The lowest BCUT2D eigenvalue weighted by Crippen LogP contribution is -2.23. The Morgan fingerprint density at radius 3 is 2.21 bits per heavy atom. The number of hydrogen-bond acceptors (Lipinski definition) is 1. The first-order valence-corrected chi connectivity index (χ1v) is 3.68. The van der Waals surface area contributed by atoms with Gasteiger partial charge in [0.1, 0.15) is 11.5 Å². The standard InChI is InChI=1S/C8H8F3N3/c1-13-8(12)14-7-5(10)2-4(9)3-6(7)11/h2-3H,1H3,(H3,12,13,14). The number of benzene rings is 1. The van der Waals surface area contributed by atoms with E-state index in [1.165, 1.54) is 7.05 Å². The Kier molecular flexibility index (Phi) is 2.95. The molecule has 0 fully saturated rings. The molecule has 0 bridgehead atoms. The van der Waals surface area contributed by atoms with Crippen molar-refractivity contribution in [2.75, 3.05) is 12.4 Å². The summed E-state index contributed by atoms with van der Waals surface area (Å²) in [5.74, 6) is -3.27. The molecule has 3 N–H and O–H groups in total. The van der Waals surface area contributed by atoms with Gasteiger partial charge in [0.25, 0.3) is 0 Å². The average Bonchev–Trinajstić information content (AvgIpc) is 2.10. The van der Waals surface area contributed by atoms with E-state index in [1.807, 2.05) is 0 Å². The second-order valence-electron chi connectivity index (χ2n) is 2.48. The lowest BCUT2D eigenvalue weighted by molar-refractivity contribution is 0.549. The van der Waals surface area contributed by atoms with Gasteiger partial charge in [0.15, 0.2) is 17.6 Å². The minimum atomic E-state index is -1.06. The molecule has 0 saturated heterocycles. The van der Waals surface area contributed by atoms with E-state index in [0.29, 0.717) is 12.1 Å². The zero-order valence-corrected chi connectivity index (χ0v) is 7.31. The SMILES string of the molecule is CN=C(N)Nc1c(F)cc(F)cc1F. The number of guanidine groups is 1. The second-order valence-corrected chi connectivity index (χ2v) is 2.48. The largest absolute Gasteiger partial charge is 0.370 e. The summed E-state index contributed by atoms with van der Waals surface area (Å²) in [6.07, 6.45) is 0. The Morgan fingerprint density at radius 2 is 1.79 bits per heavy atom. The molecular formula is C8H8F3N3. The highest BCUT2D eigenvalue weighted by Crippen LogP contribution is 2.19. The van der Waals surface area contributed by atoms with Crippen molar-refractivity contribution in [3.63, 3.8) is 0 Å². The van der Waals surface area contributed by atoms with Crippen molar-refractivity contribution in [1.82, 2.24) is 0 Å². The van der Waals surface area contributed by atoms with Crippen LogP contribution >= 0.6 is 0 Å². The smallest absolute Gasteiger partial charge is 0.192 e. The van der Waals surface area contributed by atoms with E-state index in [2.05, 4.69) is 10.3 Å². The van der Waals surface area contributed by atoms with E-state index in [1.54, 1.807) is 0 Å². The molecule has 0 amide bonds. The van der Waals surface area contributed by atoms with Crippen molar-refractivity contribution in [3.8, 4) is 0 Å². The number of hydrogen-bond donors (Lipinski definition) is 2. The van der Waals surface area contributed by atoms with Gasteiger partial charge in [-0.05, 0) is 0 Å². The third-order valence-electron chi connectivity index (χ3n) is 1.50. The van der Waals surface area contributed by atoms with Crippen LogP contribution in [-0.2, 0) is 0 Å². The van der Waals surface area contributed by atoms with Gasteiger partial charge in [-0.2, -0.15) is 0 Å². The lowest BCUT2D eigenvalue weighted by Gasteiger charge is -2.07. The summed E-state index contributed by atoms with van der Waals surface area (Å²) in [6, 6.07) is 1.10. The minimum Gasteiger partial charge on any atom is -0.370 e. The molecule has 6 heteroatoms. The average molecular weight is 203 g/mol. The Balaban J connectivity index is 3.09. The number of nitrogens with zero attached hydrogens (tertiary/aromatic N) is 1. The highest BCUT2D eigenvalue weighted by Gasteiger charge is 2.11. The quantitative estimate of drug-likeness (QED) is 0.536. The highest BCUT2D eigenvalue weighted by molar-refractivity contribution is 5.92. The van der Waals surface area contributed by atoms with Crippen molar-refractivity contribution in [2.24, 2.45) is 10.7 Å². The summed E-state index contributed by atoms with van der Waals surface area (Å²) in [4.78, 5) is 3.44. The normalized spacial score (nSPS) is 11.6. The molecule has 0 unspecified atom stereocenters. The lowest BCUT2D eigenvalue weighted by atomic mass is 10.3. The van der Waals surface area contributed by atoms with Crippen molar-refractivity contribution in [3.05, 3.63) is 29.6 Å². The van der Waals surface area contributed by atoms with Gasteiger partial charge in [0.05, 0.1) is 0 Å². The highest BCUT2D eigenvalue weighted by atomic mass is 19.1. The van der Waals surface area contributed by atoms with E-state index in [9.17, 15) is 13.2 Å². The molecule has 0 heterocycles. The molecule has 3 nitrogen and oxygen atoms in total. The topological polar surface area (TPSA) is 50.4 Å². The summed E-state index contributed by atoms with van der Waals surface area (Å²) >= 11 is 0. The maximum Gasteiger partial charge on any atom is 0.192 e. The van der Waals surface area contributed by atoms with Crippen LogP contribution in [0.3, 0.4) is 0 Å². The number of rotatable bonds is 1. The van der Waals surface area contributed by atoms with Crippen LogP contribution in [0.15, 0.2) is 17.1 Å².